The molecular formula is C53H101NO11S. The zero-order valence-electron chi connectivity index (χ0n) is 42.0. The number of amides is 1. The van der Waals surface area contributed by atoms with Crippen molar-refractivity contribution in [3.05, 3.63) is 24.3 Å². The Labute approximate surface area is 403 Å². The SMILES string of the molecule is CCCCCCCCC/C=C\CCCCCCCC(=O)NC(COC1OC(CO)C(O)C(OS(=O)(=O)O)C1O)C(O)/C=C/CCCCCCCCCCCCCCCCCCCCCCC. The van der Waals surface area contributed by atoms with Crippen LogP contribution in [0.5, 0.6) is 0 Å². The Bertz CT molecular complexity index is 1270. The predicted molar refractivity (Wildman–Crippen MR) is 269 cm³/mol. The number of ether oxygens (including phenoxy) is 2. The maximum Gasteiger partial charge on any atom is 0.397 e. The van der Waals surface area contributed by atoms with Gasteiger partial charge in [-0.1, -0.05) is 224 Å². The second-order valence-electron chi connectivity index (χ2n) is 19.2. The second-order valence-corrected chi connectivity index (χ2v) is 20.2. The van der Waals surface area contributed by atoms with E-state index in [0.717, 1.165) is 57.8 Å². The number of carbonyl (C=O) groups excluding carboxylic acids is 1. The fourth-order valence-electron chi connectivity index (χ4n) is 8.74. The van der Waals surface area contributed by atoms with E-state index in [4.69, 9.17) is 9.47 Å². The van der Waals surface area contributed by atoms with Crippen LogP contribution in [0.15, 0.2) is 24.3 Å². The number of carbonyl (C=O) groups is 1. The van der Waals surface area contributed by atoms with E-state index in [2.05, 4.69) is 35.5 Å². The molecule has 13 heteroatoms. The smallest absolute Gasteiger partial charge is 0.394 e. The third-order valence-electron chi connectivity index (χ3n) is 13.0. The molecule has 0 spiro atoms. The van der Waals surface area contributed by atoms with Crippen LogP contribution in [0, 0.1) is 0 Å². The molecule has 390 valence electrons. The minimum absolute atomic E-state index is 0.260. The van der Waals surface area contributed by atoms with Crippen LogP contribution in [-0.2, 0) is 28.9 Å². The van der Waals surface area contributed by atoms with Crippen LogP contribution in [0.3, 0.4) is 0 Å². The topological polar surface area (TPSA) is 192 Å². The number of hydrogen-bond donors (Lipinski definition) is 6. The van der Waals surface area contributed by atoms with Crippen LogP contribution in [0.2, 0.25) is 0 Å². The first-order valence-corrected chi connectivity index (χ1v) is 28.6. The molecule has 0 bridgehead atoms. The molecule has 0 aromatic carbocycles. The van der Waals surface area contributed by atoms with Gasteiger partial charge < -0.3 is 35.2 Å². The lowest BCUT2D eigenvalue weighted by atomic mass is 9.99. The van der Waals surface area contributed by atoms with Gasteiger partial charge >= 0.3 is 10.4 Å². The van der Waals surface area contributed by atoms with E-state index in [1.807, 2.05) is 6.08 Å². The molecule has 1 aliphatic rings. The molecule has 0 radical (unpaired) electrons. The Morgan fingerprint density at radius 3 is 1.36 bits per heavy atom. The van der Waals surface area contributed by atoms with Crippen molar-refractivity contribution in [2.45, 2.75) is 294 Å². The summed E-state index contributed by atoms with van der Waals surface area (Å²) >= 11 is 0. The fourth-order valence-corrected chi connectivity index (χ4v) is 9.25. The number of nitrogens with one attached hydrogen (secondary N) is 1. The highest BCUT2D eigenvalue weighted by Crippen LogP contribution is 2.26. The second kappa shape index (κ2) is 43.6. The molecule has 1 saturated heterocycles. The maximum absolute atomic E-state index is 13.1. The van der Waals surface area contributed by atoms with E-state index in [0.29, 0.717) is 6.42 Å². The highest BCUT2D eigenvalue weighted by molar-refractivity contribution is 7.80. The first kappa shape index (κ1) is 62.6. The van der Waals surface area contributed by atoms with Gasteiger partial charge in [0.25, 0.3) is 0 Å². The highest BCUT2D eigenvalue weighted by Gasteiger charge is 2.48. The summed E-state index contributed by atoms with van der Waals surface area (Å²) < 4.78 is 47.8. The van der Waals surface area contributed by atoms with Crippen molar-refractivity contribution in [3.63, 3.8) is 0 Å². The maximum atomic E-state index is 13.1. The Morgan fingerprint density at radius 1 is 0.591 bits per heavy atom. The Hall–Kier alpha value is -1.42. The van der Waals surface area contributed by atoms with Crippen molar-refractivity contribution in [1.29, 1.82) is 0 Å². The molecule has 1 rings (SSSR count). The van der Waals surface area contributed by atoms with Gasteiger partial charge in [-0.2, -0.15) is 8.42 Å². The largest absolute Gasteiger partial charge is 0.397 e. The number of rotatable bonds is 47. The summed E-state index contributed by atoms with van der Waals surface area (Å²) in [6.07, 6.45) is 43.6. The van der Waals surface area contributed by atoms with Crippen molar-refractivity contribution in [2.75, 3.05) is 13.2 Å². The fraction of sp³-hybridized carbons (Fsp3) is 0.906. The van der Waals surface area contributed by atoms with Gasteiger partial charge in [0.05, 0.1) is 25.4 Å². The highest BCUT2D eigenvalue weighted by atomic mass is 32.3. The Kier molecular flexibility index (Phi) is 41.3. The van der Waals surface area contributed by atoms with Crippen LogP contribution in [0.4, 0.5) is 0 Å². The predicted octanol–water partition coefficient (Wildman–Crippen LogP) is 12.1. The molecule has 1 aliphatic heterocycles. The van der Waals surface area contributed by atoms with Crippen LogP contribution in [0.1, 0.15) is 251 Å². The van der Waals surface area contributed by atoms with Crippen LogP contribution < -0.4 is 5.32 Å². The van der Waals surface area contributed by atoms with Gasteiger partial charge in [0.1, 0.15) is 24.4 Å². The molecule has 0 aliphatic carbocycles. The van der Waals surface area contributed by atoms with E-state index in [1.165, 1.54) is 167 Å². The van der Waals surface area contributed by atoms with E-state index in [9.17, 15) is 38.2 Å². The van der Waals surface area contributed by atoms with Crippen LogP contribution in [0.25, 0.3) is 0 Å². The normalized spacial score (nSPS) is 20.1. The Balaban J connectivity index is 2.42. The molecule has 66 heavy (non-hydrogen) atoms. The molecule has 12 nitrogen and oxygen atoms in total. The summed E-state index contributed by atoms with van der Waals surface area (Å²) in [5.41, 5.74) is 0. The molecule has 1 fully saturated rings. The average molecular weight is 960 g/mol. The lowest BCUT2D eigenvalue weighted by Crippen LogP contribution is -2.61. The number of aliphatic hydroxyl groups is 4. The number of unbranched alkanes of at least 4 members (excludes halogenated alkanes) is 33. The first-order chi connectivity index (χ1) is 32.0. The zero-order valence-corrected chi connectivity index (χ0v) is 42.8. The van der Waals surface area contributed by atoms with Crippen LogP contribution >= 0.6 is 0 Å². The summed E-state index contributed by atoms with van der Waals surface area (Å²) in [6.45, 7) is 3.41. The summed E-state index contributed by atoms with van der Waals surface area (Å²) in [6, 6.07) is -0.947. The van der Waals surface area contributed by atoms with Gasteiger partial charge in [0.2, 0.25) is 5.91 Å². The molecule has 6 N–H and O–H groups in total. The first-order valence-electron chi connectivity index (χ1n) is 27.2. The summed E-state index contributed by atoms with van der Waals surface area (Å²) in [7, 11) is -5.09. The molecule has 0 aromatic heterocycles. The molecule has 1 amide bonds. The summed E-state index contributed by atoms with van der Waals surface area (Å²) in [4.78, 5) is 13.1. The number of allylic oxidation sites excluding steroid dienone is 3. The number of aliphatic hydroxyl groups excluding tert-OH is 4. The minimum atomic E-state index is -5.09. The lowest BCUT2D eigenvalue weighted by Gasteiger charge is -2.41. The Morgan fingerprint density at radius 2 is 0.970 bits per heavy atom. The van der Waals surface area contributed by atoms with E-state index in [1.54, 1.807) is 6.08 Å². The van der Waals surface area contributed by atoms with Gasteiger partial charge in [-0.3, -0.25) is 9.35 Å². The standard InChI is InChI=1S/C53H101NO11S/c1-3-5-7-9-11-13-15-17-19-21-22-23-24-25-26-27-28-30-32-34-36-38-40-42-47(56)46(45-63-53-51(59)52(65-66(60,61)62)50(58)48(44-55)64-53)54-49(57)43-41-39-37-35-33-31-29-20-18-16-14-12-10-8-6-4-2/h20,29,40,42,46-48,50-53,55-56,58-59H,3-19,21-28,30-39,41,43-45H2,1-2H3,(H,54,57)(H,60,61,62)/b29-20-,42-40+. The molecule has 0 aromatic rings. The van der Waals surface area contributed by atoms with Gasteiger partial charge in [-0.15, -0.1) is 0 Å². The third-order valence-corrected chi connectivity index (χ3v) is 13.4. The minimum Gasteiger partial charge on any atom is -0.394 e. The monoisotopic (exact) mass is 960 g/mol. The van der Waals surface area contributed by atoms with Crippen molar-refractivity contribution >= 4 is 16.3 Å². The molecule has 0 saturated carbocycles. The van der Waals surface area contributed by atoms with E-state index < -0.39 is 59.9 Å². The van der Waals surface area contributed by atoms with E-state index >= 15 is 0 Å². The molecule has 7 unspecified atom stereocenters. The van der Waals surface area contributed by atoms with Gasteiger partial charge in [0, 0.05) is 6.42 Å². The van der Waals surface area contributed by atoms with Crippen molar-refractivity contribution < 1.29 is 51.8 Å². The van der Waals surface area contributed by atoms with E-state index in [-0.39, 0.29) is 18.9 Å². The molecule has 1 heterocycles. The van der Waals surface area contributed by atoms with Gasteiger partial charge in [-0.25, -0.2) is 4.18 Å². The summed E-state index contributed by atoms with van der Waals surface area (Å²) in [5, 5.41) is 44.9. The third kappa shape index (κ3) is 35.7. The van der Waals surface area contributed by atoms with Crippen LogP contribution in [-0.4, -0.2) is 95.4 Å². The molecule has 7 atom stereocenters. The van der Waals surface area contributed by atoms with Crippen molar-refractivity contribution in [1.82, 2.24) is 5.32 Å². The number of hydrogen-bond acceptors (Lipinski definition) is 10. The lowest BCUT2D eigenvalue weighted by molar-refractivity contribution is -0.298. The quantitative estimate of drug-likeness (QED) is 0.0193. The molecular weight excluding hydrogens is 859 g/mol. The average Bonchev–Trinajstić information content (AvgIpc) is 3.29. The van der Waals surface area contributed by atoms with Gasteiger partial charge in [0.15, 0.2) is 6.29 Å². The summed E-state index contributed by atoms with van der Waals surface area (Å²) in [5.74, 6) is -0.268. The van der Waals surface area contributed by atoms with Crippen molar-refractivity contribution in [3.8, 4) is 0 Å². The zero-order chi connectivity index (χ0) is 48.4. The van der Waals surface area contributed by atoms with Crippen molar-refractivity contribution in [2.24, 2.45) is 0 Å². The van der Waals surface area contributed by atoms with Gasteiger partial charge in [-0.05, 0) is 44.9 Å².